The quantitative estimate of drug-likeness (QED) is 0.174. The second kappa shape index (κ2) is 14.0. The first kappa shape index (κ1) is 29.1. The van der Waals surface area contributed by atoms with Crippen molar-refractivity contribution in [2.45, 2.75) is 13.0 Å². The van der Waals surface area contributed by atoms with Crippen LogP contribution in [0.15, 0.2) is 97.2 Å². The SMILES string of the molecule is CN(C)CCCNCc1ccc(-n2ccc3c(-c4ccccc4)nc(-c4ccccc4)nc32)cc1.O=C(O)C(=O)O. The van der Waals surface area contributed by atoms with Crippen molar-refractivity contribution in [2.24, 2.45) is 0 Å². The summed E-state index contributed by atoms with van der Waals surface area (Å²) in [5.41, 5.74) is 6.33. The number of benzene rings is 3. The molecule has 0 saturated heterocycles. The molecule has 0 unspecified atom stereocenters. The highest BCUT2D eigenvalue weighted by molar-refractivity contribution is 6.27. The molecule has 0 spiro atoms. The van der Waals surface area contributed by atoms with Crippen LogP contribution in [-0.4, -0.2) is 68.8 Å². The summed E-state index contributed by atoms with van der Waals surface area (Å²) in [5, 5.41) is 19.4. The van der Waals surface area contributed by atoms with Crippen LogP contribution in [0.5, 0.6) is 0 Å². The molecule has 0 amide bonds. The Kier molecular flexibility index (Phi) is 9.93. The Hall–Kier alpha value is -4.86. The minimum Gasteiger partial charge on any atom is -0.473 e. The smallest absolute Gasteiger partial charge is 0.414 e. The normalized spacial score (nSPS) is 10.8. The van der Waals surface area contributed by atoms with Gasteiger partial charge in [0.25, 0.3) is 0 Å². The fourth-order valence-corrected chi connectivity index (χ4v) is 4.28. The molecule has 41 heavy (non-hydrogen) atoms. The number of nitrogens with one attached hydrogen (secondary N) is 1. The maximum atomic E-state index is 9.10. The second-order valence-electron chi connectivity index (χ2n) is 9.66. The van der Waals surface area contributed by atoms with E-state index in [1.807, 2.05) is 24.3 Å². The van der Waals surface area contributed by atoms with Gasteiger partial charge >= 0.3 is 11.9 Å². The predicted molar refractivity (Wildman–Crippen MR) is 160 cm³/mol. The van der Waals surface area contributed by atoms with Crippen molar-refractivity contribution in [1.29, 1.82) is 0 Å². The van der Waals surface area contributed by atoms with E-state index in [9.17, 15) is 0 Å². The highest BCUT2D eigenvalue weighted by Gasteiger charge is 2.15. The Bertz CT molecular complexity index is 1570. The van der Waals surface area contributed by atoms with Crippen molar-refractivity contribution in [3.63, 3.8) is 0 Å². The van der Waals surface area contributed by atoms with Crippen LogP contribution in [-0.2, 0) is 16.1 Å². The van der Waals surface area contributed by atoms with Crippen LogP contribution in [0.4, 0.5) is 0 Å². The van der Waals surface area contributed by atoms with Crippen molar-refractivity contribution < 1.29 is 19.8 Å². The Morgan fingerprint density at radius 3 is 2.00 bits per heavy atom. The third kappa shape index (κ3) is 7.84. The minimum atomic E-state index is -1.82. The number of carboxylic acids is 2. The van der Waals surface area contributed by atoms with Crippen molar-refractivity contribution in [3.05, 3.63) is 103 Å². The molecule has 2 aromatic heterocycles. The van der Waals surface area contributed by atoms with Gasteiger partial charge in [-0.1, -0.05) is 72.8 Å². The molecule has 9 nitrogen and oxygen atoms in total. The van der Waals surface area contributed by atoms with Gasteiger partial charge in [0.2, 0.25) is 0 Å². The summed E-state index contributed by atoms with van der Waals surface area (Å²) in [6.07, 6.45) is 3.24. The van der Waals surface area contributed by atoms with E-state index >= 15 is 0 Å². The first-order valence-electron chi connectivity index (χ1n) is 13.2. The average molecular weight is 552 g/mol. The average Bonchev–Trinajstić information content (AvgIpc) is 3.42. The lowest BCUT2D eigenvalue weighted by molar-refractivity contribution is -0.159. The molecule has 0 atom stereocenters. The molecule has 5 rings (SSSR count). The van der Waals surface area contributed by atoms with Gasteiger partial charge in [0.05, 0.1) is 5.69 Å². The number of hydrogen-bond acceptors (Lipinski definition) is 6. The number of carbonyl (C=O) groups is 2. The molecule has 2 heterocycles. The molecule has 3 N–H and O–H groups in total. The monoisotopic (exact) mass is 551 g/mol. The van der Waals surface area contributed by atoms with Crippen LogP contribution < -0.4 is 5.32 Å². The van der Waals surface area contributed by atoms with Gasteiger partial charge in [-0.05, 0) is 57.4 Å². The Morgan fingerprint density at radius 1 is 0.805 bits per heavy atom. The van der Waals surface area contributed by atoms with Gasteiger partial charge in [0.1, 0.15) is 5.65 Å². The highest BCUT2D eigenvalue weighted by Crippen LogP contribution is 2.31. The van der Waals surface area contributed by atoms with Crippen molar-refractivity contribution in [2.75, 3.05) is 27.2 Å². The molecule has 5 aromatic rings. The van der Waals surface area contributed by atoms with Crippen LogP contribution in [0.1, 0.15) is 12.0 Å². The highest BCUT2D eigenvalue weighted by atomic mass is 16.4. The molecule has 0 aliphatic rings. The zero-order chi connectivity index (χ0) is 29.2. The molecule has 0 bridgehead atoms. The number of nitrogens with zero attached hydrogens (tertiary/aromatic N) is 4. The van der Waals surface area contributed by atoms with E-state index in [1.165, 1.54) is 5.56 Å². The number of aliphatic carboxylic acids is 2. The van der Waals surface area contributed by atoms with Crippen molar-refractivity contribution >= 4 is 23.0 Å². The van der Waals surface area contributed by atoms with Crippen LogP contribution in [0.2, 0.25) is 0 Å². The lowest BCUT2D eigenvalue weighted by atomic mass is 10.1. The van der Waals surface area contributed by atoms with Gasteiger partial charge in [-0.3, -0.25) is 0 Å². The molecule has 0 saturated carbocycles. The maximum absolute atomic E-state index is 9.10. The number of fused-ring (bicyclic) bond motifs is 1. The van der Waals surface area contributed by atoms with E-state index < -0.39 is 11.9 Å². The Balaban J connectivity index is 0.000000585. The summed E-state index contributed by atoms with van der Waals surface area (Å²) in [7, 11) is 4.22. The third-order valence-electron chi connectivity index (χ3n) is 6.31. The van der Waals surface area contributed by atoms with Crippen molar-refractivity contribution in [1.82, 2.24) is 24.8 Å². The molecular weight excluding hydrogens is 518 g/mol. The third-order valence-corrected chi connectivity index (χ3v) is 6.31. The molecule has 9 heteroatoms. The van der Waals surface area contributed by atoms with Gasteiger partial charge in [-0.15, -0.1) is 0 Å². The number of rotatable bonds is 9. The molecule has 0 aliphatic carbocycles. The summed E-state index contributed by atoms with van der Waals surface area (Å²) >= 11 is 0. The van der Waals surface area contributed by atoms with E-state index in [1.54, 1.807) is 0 Å². The summed E-state index contributed by atoms with van der Waals surface area (Å²) in [6.45, 7) is 2.99. The zero-order valence-electron chi connectivity index (χ0n) is 23.1. The molecule has 0 aliphatic heterocycles. The fourth-order valence-electron chi connectivity index (χ4n) is 4.28. The molecule has 0 radical (unpaired) electrons. The zero-order valence-corrected chi connectivity index (χ0v) is 23.1. The first-order valence-corrected chi connectivity index (χ1v) is 13.2. The summed E-state index contributed by atoms with van der Waals surface area (Å²) < 4.78 is 2.16. The van der Waals surface area contributed by atoms with E-state index in [0.717, 1.165) is 65.4 Å². The van der Waals surface area contributed by atoms with Gasteiger partial charge in [0.15, 0.2) is 5.82 Å². The predicted octanol–water partition coefficient (Wildman–Crippen LogP) is 4.95. The summed E-state index contributed by atoms with van der Waals surface area (Å²) in [6, 6.07) is 31.4. The maximum Gasteiger partial charge on any atom is 0.414 e. The number of hydrogen-bond donors (Lipinski definition) is 3. The van der Waals surface area contributed by atoms with E-state index in [-0.39, 0.29) is 0 Å². The minimum absolute atomic E-state index is 0.732. The van der Waals surface area contributed by atoms with E-state index in [0.29, 0.717) is 0 Å². The van der Waals surface area contributed by atoms with E-state index in [4.69, 9.17) is 29.8 Å². The standard InChI is InChI=1S/C30H31N5.C2H2O4/c1-34(2)20-9-19-31-22-23-14-16-26(17-15-23)35-21-18-27-28(24-10-5-3-6-11-24)32-29(33-30(27)35)25-12-7-4-8-13-25;3-1(4)2(5)6/h3-8,10-18,21,31H,9,19-20,22H2,1-2H3;(H,3,4)(H,5,6). The fraction of sp³-hybridized carbons (Fsp3) is 0.188. The van der Waals surface area contributed by atoms with Gasteiger partial charge in [-0.2, -0.15) is 0 Å². The molecule has 0 fully saturated rings. The lowest BCUT2D eigenvalue weighted by Gasteiger charge is -2.11. The molecule has 210 valence electrons. The Morgan fingerprint density at radius 2 is 1.41 bits per heavy atom. The van der Waals surface area contributed by atoms with Crippen LogP contribution in [0, 0.1) is 0 Å². The lowest BCUT2D eigenvalue weighted by Crippen LogP contribution is -2.20. The summed E-state index contributed by atoms with van der Waals surface area (Å²) in [5.74, 6) is -2.92. The van der Waals surface area contributed by atoms with Crippen LogP contribution in [0.25, 0.3) is 39.4 Å². The second-order valence-corrected chi connectivity index (χ2v) is 9.66. The topological polar surface area (TPSA) is 121 Å². The largest absolute Gasteiger partial charge is 0.473 e. The van der Waals surface area contributed by atoms with Crippen molar-refractivity contribution in [3.8, 4) is 28.3 Å². The van der Waals surface area contributed by atoms with Gasteiger partial charge in [0, 0.05) is 34.9 Å². The van der Waals surface area contributed by atoms with E-state index in [2.05, 4.69) is 102 Å². The summed E-state index contributed by atoms with van der Waals surface area (Å²) in [4.78, 5) is 30.4. The number of aromatic nitrogens is 3. The van der Waals surface area contributed by atoms with Crippen LogP contribution >= 0.6 is 0 Å². The van der Waals surface area contributed by atoms with Crippen LogP contribution in [0.3, 0.4) is 0 Å². The molecular formula is C32H33N5O4. The number of carboxylic acid groups (broad SMARTS) is 2. The van der Waals surface area contributed by atoms with Gasteiger partial charge in [-0.25, -0.2) is 19.6 Å². The Labute approximate surface area is 238 Å². The first-order chi connectivity index (χ1) is 19.8. The van der Waals surface area contributed by atoms with Gasteiger partial charge < -0.3 is 25.0 Å². The molecule has 3 aromatic carbocycles.